The summed E-state index contributed by atoms with van der Waals surface area (Å²) in [5.74, 6) is 3.00. The number of rotatable bonds is 5. The Hall–Kier alpha value is -0.830. The zero-order valence-corrected chi connectivity index (χ0v) is 15.1. The molecule has 2 aliphatic rings. The summed E-state index contributed by atoms with van der Waals surface area (Å²) in [6.07, 6.45) is 9.33. The van der Waals surface area contributed by atoms with Crippen molar-refractivity contribution < 1.29 is 14.3 Å². The molecule has 4 atom stereocenters. The number of esters is 1. The lowest BCUT2D eigenvalue weighted by molar-refractivity contribution is -0.137. The van der Waals surface area contributed by atoms with E-state index in [0.29, 0.717) is 0 Å². The van der Waals surface area contributed by atoms with Gasteiger partial charge in [0.2, 0.25) is 0 Å². The first-order valence-corrected chi connectivity index (χ1v) is 8.80. The average Bonchev–Trinajstić information content (AvgIpc) is 2.95. The van der Waals surface area contributed by atoms with E-state index in [4.69, 9.17) is 4.74 Å². The molecular formula is C19H34O3. The highest BCUT2D eigenvalue weighted by Crippen LogP contribution is 2.37. The Labute approximate surface area is 136 Å². The van der Waals surface area contributed by atoms with Crippen LogP contribution >= 0.6 is 0 Å². The third-order valence-corrected chi connectivity index (χ3v) is 4.94. The molecule has 0 aromatic rings. The average molecular weight is 310 g/mol. The molecule has 2 rings (SSSR count). The predicted molar refractivity (Wildman–Crippen MR) is 90.7 cm³/mol. The van der Waals surface area contributed by atoms with E-state index in [0.717, 1.165) is 36.9 Å². The van der Waals surface area contributed by atoms with Crippen LogP contribution in [-0.4, -0.2) is 26.3 Å². The van der Waals surface area contributed by atoms with Crippen molar-refractivity contribution in [2.45, 2.75) is 59.8 Å². The number of hydrogen-bond acceptors (Lipinski definition) is 3. The van der Waals surface area contributed by atoms with Crippen molar-refractivity contribution in [2.24, 2.45) is 23.7 Å². The van der Waals surface area contributed by atoms with Crippen molar-refractivity contribution in [2.75, 3.05) is 20.3 Å². The van der Waals surface area contributed by atoms with Crippen LogP contribution in [0.2, 0.25) is 0 Å². The van der Waals surface area contributed by atoms with Gasteiger partial charge in [-0.15, -0.1) is 0 Å². The van der Waals surface area contributed by atoms with Crippen molar-refractivity contribution in [1.29, 1.82) is 0 Å². The molecule has 128 valence electrons. The molecule has 0 amide bonds. The maximum Gasteiger partial charge on any atom is 0.302 e. The lowest BCUT2D eigenvalue weighted by atomic mass is 9.77. The molecule has 1 heterocycles. The SMILES string of the molecule is CCCC(C)CC(C)C1=C[C@@H]2COC[C@@H]2CC1.COC(C)=O. The molecule has 1 aliphatic heterocycles. The van der Waals surface area contributed by atoms with Crippen LogP contribution in [0.15, 0.2) is 11.6 Å². The highest BCUT2D eigenvalue weighted by Gasteiger charge is 2.31. The second-order valence-electron chi connectivity index (χ2n) is 6.97. The largest absolute Gasteiger partial charge is 0.469 e. The predicted octanol–water partition coefficient (Wildman–Crippen LogP) is 4.61. The fraction of sp³-hybridized carbons (Fsp3) is 0.842. The number of methoxy groups -OCH3 is 1. The quantitative estimate of drug-likeness (QED) is 0.549. The molecule has 0 saturated carbocycles. The number of allylic oxidation sites excluding steroid dienone is 1. The summed E-state index contributed by atoms with van der Waals surface area (Å²) < 4.78 is 9.71. The maximum absolute atomic E-state index is 9.59. The monoisotopic (exact) mass is 310 g/mol. The first kappa shape index (κ1) is 19.2. The Morgan fingerprint density at radius 1 is 1.41 bits per heavy atom. The van der Waals surface area contributed by atoms with Crippen molar-refractivity contribution in [3.8, 4) is 0 Å². The van der Waals surface area contributed by atoms with E-state index in [1.807, 2.05) is 0 Å². The van der Waals surface area contributed by atoms with Crippen molar-refractivity contribution in [3.63, 3.8) is 0 Å². The molecular weight excluding hydrogens is 276 g/mol. The smallest absolute Gasteiger partial charge is 0.302 e. The van der Waals surface area contributed by atoms with Crippen LogP contribution in [0.25, 0.3) is 0 Å². The Morgan fingerprint density at radius 2 is 2.09 bits per heavy atom. The molecule has 0 aromatic heterocycles. The molecule has 2 unspecified atom stereocenters. The first-order chi connectivity index (χ1) is 10.5. The molecule has 22 heavy (non-hydrogen) atoms. The normalized spacial score (nSPS) is 26.1. The summed E-state index contributed by atoms with van der Waals surface area (Å²) in [4.78, 5) is 9.59. The van der Waals surface area contributed by atoms with E-state index >= 15 is 0 Å². The van der Waals surface area contributed by atoms with Crippen molar-refractivity contribution >= 4 is 5.97 Å². The van der Waals surface area contributed by atoms with Crippen LogP contribution in [0.1, 0.15) is 59.8 Å². The van der Waals surface area contributed by atoms with Crippen molar-refractivity contribution in [1.82, 2.24) is 0 Å². The van der Waals surface area contributed by atoms with Crippen LogP contribution in [0.4, 0.5) is 0 Å². The lowest BCUT2D eigenvalue weighted by Gasteiger charge is -2.27. The molecule has 3 nitrogen and oxygen atoms in total. The first-order valence-electron chi connectivity index (χ1n) is 8.80. The van der Waals surface area contributed by atoms with Crippen LogP contribution in [-0.2, 0) is 14.3 Å². The molecule has 1 fully saturated rings. The molecule has 0 bridgehead atoms. The molecule has 1 aliphatic carbocycles. The van der Waals surface area contributed by atoms with E-state index < -0.39 is 0 Å². The van der Waals surface area contributed by atoms with Gasteiger partial charge < -0.3 is 9.47 Å². The number of fused-ring (bicyclic) bond motifs is 1. The van der Waals surface area contributed by atoms with Gasteiger partial charge in [-0.3, -0.25) is 4.79 Å². The summed E-state index contributed by atoms with van der Waals surface area (Å²) in [5.41, 5.74) is 1.72. The summed E-state index contributed by atoms with van der Waals surface area (Å²) in [5, 5.41) is 0. The van der Waals surface area contributed by atoms with Gasteiger partial charge in [-0.1, -0.05) is 45.3 Å². The molecule has 0 spiro atoms. The van der Waals surface area contributed by atoms with Gasteiger partial charge >= 0.3 is 5.97 Å². The van der Waals surface area contributed by atoms with Gasteiger partial charge in [-0.25, -0.2) is 0 Å². The van der Waals surface area contributed by atoms with Gasteiger partial charge in [0.25, 0.3) is 0 Å². The van der Waals surface area contributed by atoms with Gasteiger partial charge in [0.15, 0.2) is 0 Å². The Balaban J connectivity index is 0.000000422. The van der Waals surface area contributed by atoms with Crippen LogP contribution in [0.3, 0.4) is 0 Å². The minimum absolute atomic E-state index is 0.245. The Bertz CT molecular complexity index is 362. The second kappa shape index (κ2) is 10.0. The van der Waals surface area contributed by atoms with E-state index in [2.05, 4.69) is 31.6 Å². The number of carbonyl (C=O) groups excluding carboxylic acids is 1. The standard InChI is InChI=1S/C16H28O.C3H6O2/c1-4-5-12(2)8-13(3)14-6-7-15-10-17-11-16(15)9-14;1-3(4)5-2/h9,12-13,15-16H,4-8,10-11H2,1-3H3;1-2H3/t12?,13?,15-,16+;/m0./s1. The van der Waals surface area contributed by atoms with E-state index in [1.165, 1.54) is 46.1 Å². The zero-order chi connectivity index (χ0) is 16.5. The number of hydrogen-bond donors (Lipinski definition) is 0. The van der Waals surface area contributed by atoms with Crippen LogP contribution < -0.4 is 0 Å². The third kappa shape index (κ3) is 6.51. The molecule has 0 N–H and O–H groups in total. The topological polar surface area (TPSA) is 35.5 Å². The molecule has 0 aromatic carbocycles. The van der Waals surface area contributed by atoms with E-state index in [1.54, 1.807) is 5.57 Å². The van der Waals surface area contributed by atoms with Gasteiger partial charge in [0, 0.05) is 12.8 Å². The highest BCUT2D eigenvalue weighted by molar-refractivity contribution is 5.65. The number of ether oxygens (including phenoxy) is 2. The van der Waals surface area contributed by atoms with Gasteiger partial charge in [-0.05, 0) is 37.0 Å². The van der Waals surface area contributed by atoms with E-state index in [-0.39, 0.29) is 5.97 Å². The minimum atomic E-state index is -0.245. The third-order valence-electron chi connectivity index (χ3n) is 4.94. The minimum Gasteiger partial charge on any atom is -0.469 e. The Kier molecular flexibility index (Phi) is 8.77. The molecule has 1 saturated heterocycles. The highest BCUT2D eigenvalue weighted by atomic mass is 16.5. The lowest BCUT2D eigenvalue weighted by Crippen LogP contribution is -2.18. The fourth-order valence-corrected chi connectivity index (χ4v) is 3.58. The van der Waals surface area contributed by atoms with Crippen LogP contribution in [0, 0.1) is 23.7 Å². The second-order valence-corrected chi connectivity index (χ2v) is 6.97. The fourth-order valence-electron chi connectivity index (χ4n) is 3.58. The van der Waals surface area contributed by atoms with Gasteiger partial charge in [0.1, 0.15) is 0 Å². The summed E-state index contributed by atoms with van der Waals surface area (Å²) in [7, 11) is 1.35. The van der Waals surface area contributed by atoms with E-state index in [9.17, 15) is 4.79 Å². The molecule has 3 heteroatoms. The van der Waals surface area contributed by atoms with Gasteiger partial charge in [0.05, 0.1) is 20.3 Å². The summed E-state index contributed by atoms with van der Waals surface area (Å²) >= 11 is 0. The summed E-state index contributed by atoms with van der Waals surface area (Å²) in [6.45, 7) is 10.5. The van der Waals surface area contributed by atoms with Crippen molar-refractivity contribution in [3.05, 3.63) is 11.6 Å². The summed E-state index contributed by atoms with van der Waals surface area (Å²) in [6, 6.07) is 0. The van der Waals surface area contributed by atoms with Gasteiger partial charge in [-0.2, -0.15) is 0 Å². The zero-order valence-electron chi connectivity index (χ0n) is 15.1. The van der Waals surface area contributed by atoms with Crippen LogP contribution in [0.5, 0.6) is 0 Å². The number of carbonyl (C=O) groups is 1. The molecule has 0 radical (unpaired) electrons. The Morgan fingerprint density at radius 3 is 2.68 bits per heavy atom. The maximum atomic E-state index is 9.59.